The molecule has 4 nitrogen and oxygen atoms in total. The van der Waals surface area contributed by atoms with Crippen LogP contribution in [0.25, 0.3) is 0 Å². The maximum Gasteiger partial charge on any atom is 0.211 e. The largest absolute Gasteiger partial charge is 0.493 e. The van der Waals surface area contributed by atoms with Crippen molar-refractivity contribution < 1.29 is 18.6 Å². The molecule has 0 saturated carbocycles. The Bertz CT molecular complexity index is 607. The summed E-state index contributed by atoms with van der Waals surface area (Å²) in [5.41, 5.74) is 6.14. The molecule has 0 fully saturated rings. The van der Waals surface area contributed by atoms with Crippen LogP contribution in [-0.2, 0) is 0 Å². The second-order valence-electron chi connectivity index (χ2n) is 4.53. The van der Waals surface area contributed by atoms with E-state index in [1.54, 1.807) is 37.3 Å². The molecule has 2 aromatic carbocycles. The van der Waals surface area contributed by atoms with Crippen molar-refractivity contribution in [3.8, 4) is 23.0 Å². The van der Waals surface area contributed by atoms with E-state index in [1.165, 1.54) is 20.3 Å². The number of halogens is 1. The first-order chi connectivity index (χ1) is 10.1. The van der Waals surface area contributed by atoms with Gasteiger partial charge < -0.3 is 19.9 Å². The molecule has 5 heteroatoms. The Morgan fingerprint density at radius 1 is 0.952 bits per heavy atom. The maximum atomic E-state index is 13.9. The Labute approximate surface area is 123 Å². The van der Waals surface area contributed by atoms with Crippen LogP contribution < -0.4 is 19.9 Å². The lowest BCUT2D eigenvalue weighted by atomic mass is 10.1. The number of nitrogens with two attached hydrogens (primary N) is 1. The minimum atomic E-state index is -0.498. The molecule has 2 N–H and O–H groups in total. The summed E-state index contributed by atoms with van der Waals surface area (Å²) in [6.45, 7) is 1.70. The topological polar surface area (TPSA) is 53.7 Å². The average Bonchev–Trinajstić information content (AvgIpc) is 2.47. The number of methoxy groups -OCH3 is 2. The maximum absolute atomic E-state index is 13.9. The molecule has 0 aromatic heterocycles. The molecule has 112 valence electrons. The zero-order chi connectivity index (χ0) is 15.4. The van der Waals surface area contributed by atoms with Gasteiger partial charge in [0.25, 0.3) is 0 Å². The number of para-hydroxylation sites is 1. The van der Waals surface area contributed by atoms with Crippen molar-refractivity contribution in [2.75, 3.05) is 14.2 Å². The average molecular weight is 291 g/mol. The Hall–Kier alpha value is -2.27. The summed E-state index contributed by atoms with van der Waals surface area (Å²) in [6.07, 6.45) is 0. The highest BCUT2D eigenvalue weighted by atomic mass is 19.1. The highest BCUT2D eigenvalue weighted by Gasteiger charge is 2.18. The van der Waals surface area contributed by atoms with Gasteiger partial charge in [0.2, 0.25) is 5.75 Å². The molecule has 0 aliphatic carbocycles. The smallest absolute Gasteiger partial charge is 0.211 e. The van der Waals surface area contributed by atoms with Crippen molar-refractivity contribution >= 4 is 0 Å². The van der Waals surface area contributed by atoms with Gasteiger partial charge in [-0.2, -0.15) is 0 Å². The van der Waals surface area contributed by atoms with Gasteiger partial charge in [-0.3, -0.25) is 0 Å². The zero-order valence-corrected chi connectivity index (χ0v) is 12.2. The van der Waals surface area contributed by atoms with Crippen LogP contribution >= 0.6 is 0 Å². The summed E-state index contributed by atoms with van der Waals surface area (Å²) in [4.78, 5) is 0. The van der Waals surface area contributed by atoms with E-state index in [1.807, 2.05) is 0 Å². The monoisotopic (exact) mass is 291 g/mol. The van der Waals surface area contributed by atoms with Gasteiger partial charge >= 0.3 is 0 Å². The van der Waals surface area contributed by atoms with Crippen LogP contribution in [0.1, 0.15) is 18.5 Å². The molecule has 0 heterocycles. The third-order valence-electron chi connectivity index (χ3n) is 3.06. The zero-order valence-electron chi connectivity index (χ0n) is 12.2. The van der Waals surface area contributed by atoms with E-state index >= 15 is 0 Å². The molecular weight excluding hydrogens is 273 g/mol. The first-order valence-corrected chi connectivity index (χ1v) is 6.51. The number of ether oxygens (including phenoxy) is 3. The fraction of sp³-hybridized carbons (Fsp3) is 0.250. The van der Waals surface area contributed by atoms with Crippen molar-refractivity contribution in [2.24, 2.45) is 5.73 Å². The van der Waals surface area contributed by atoms with Crippen LogP contribution in [0.5, 0.6) is 23.0 Å². The van der Waals surface area contributed by atoms with Crippen molar-refractivity contribution in [2.45, 2.75) is 13.0 Å². The lowest BCUT2D eigenvalue weighted by Crippen LogP contribution is -2.09. The molecule has 0 radical (unpaired) electrons. The molecule has 0 bridgehead atoms. The highest BCUT2D eigenvalue weighted by Crippen LogP contribution is 2.41. The predicted molar refractivity (Wildman–Crippen MR) is 78.6 cm³/mol. The van der Waals surface area contributed by atoms with Crippen molar-refractivity contribution in [3.05, 3.63) is 47.8 Å². The van der Waals surface area contributed by atoms with Crippen molar-refractivity contribution in [1.29, 1.82) is 0 Å². The molecule has 0 spiro atoms. The van der Waals surface area contributed by atoms with Gasteiger partial charge in [0.1, 0.15) is 11.6 Å². The first kappa shape index (κ1) is 15.1. The van der Waals surface area contributed by atoms with Gasteiger partial charge in [-0.1, -0.05) is 12.1 Å². The van der Waals surface area contributed by atoms with Crippen LogP contribution in [0, 0.1) is 5.82 Å². The molecule has 2 aromatic rings. The summed E-state index contributed by atoms with van der Waals surface area (Å²) < 4.78 is 30.3. The summed E-state index contributed by atoms with van der Waals surface area (Å²) in [7, 11) is 3.05. The van der Waals surface area contributed by atoms with E-state index in [2.05, 4.69) is 0 Å². The van der Waals surface area contributed by atoms with Crippen LogP contribution in [0.15, 0.2) is 36.4 Å². The molecule has 0 amide bonds. The van der Waals surface area contributed by atoms with Crippen LogP contribution in [0.3, 0.4) is 0 Å². The Balaban J connectivity index is 2.50. The van der Waals surface area contributed by atoms with Gasteiger partial charge in [0.15, 0.2) is 11.5 Å². The van der Waals surface area contributed by atoms with Crippen LogP contribution in [0.4, 0.5) is 4.39 Å². The highest BCUT2D eigenvalue weighted by molar-refractivity contribution is 5.54. The Kier molecular flexibility index (Phi) is 4.65. The Morgan fingerprint density at radius 3 is 2.00 bits per heavy atom. The minimum Gasteiger partial charge on any atom is -0.493 e. The standard InChI is InChI=1S/C16H18FNO3/c1-10(18)15-11(17)6-4-7-12(15)21-16-13(19-2)8-5-9-14(16)20-3/h4-10H,18H2,1-3H3. The normalized spacial score (nSPS) is 11.9. The lowest BCUT2D eigenvalue weighted by molar-refractivity contribution is 0.343. The lowest BCUT2D eigenvalue weighted by Gasteiger charge is -2.17. The molecule has 2 rings (SSSR count). The molecule has 0 saturated heterocycles. The molecule has 21 heavy (non-hydrogen) atoms. The minimum absolute atomic E-state index is 0.311. The van der Waals surface area contributed by atoms with Crippen LogP contribution in [0.2, 0.25) is 0 Å². The second kappa shape index (κ2) is 6.45. The van der Waals surface area contributed by atoms with E-state index < -0.39 is 11.9 Å². The molecule has 0 aliphatic rings. The predicted octanol–water partition coefficient (Wildman–Crippen LogP) is 3.65. The third-order valence-corrected chi connectivity index (χ3v) is 3.06. The van der Waals surface area contributed by atoms with Gasteiger partial charge in [-0.05, 0) is 31.2 Å². The summed E-state index contributed by atoms with van der Waals surface area (Å²) >= 11 is 0. The Morgan fingerprint density at radius 2 is 1.48 bits per heavy atom. The van der Waals surface area contributed by atoms with E-state index in [4.69, 9.17) is 19.9 Å². The summed E-state index contributed by atoms with van der Waals surface area (Å²) in [5, 5.41) is 0. The fourth-order valence-electron chi connectivity index (χ4n) is 2.08. The van der Waals surface area contributed by atoms with E-state index in [-0.39, 0.29) is 0 Å². The fourth-order valence-corrected chi connectivity index (χ4v) is 2.08. The quantitative estimate of drug-likeness (QED) is 0.913. The van der Waals surface area contributed by atoms with Crippen LogP contribution in [-0.4, -0.2) is 14.2 Å². The number of hydrogen-bond donors (Lipinski definition) is 1. The van der Waals surface area contributed by atoms with E-state index in [9.17, 15) is 4.39 Å². The first-order valence-electron chi connectivity index (χ1n) is 6.51. The molecule has 1 atom stereocenters. The third kappa shape index (κ3) is 3.08. The number of benzene rings is 2. The van der Waals surface area contributed by atoms with E-state index in [0.717, 1.165) is 0 Å². The molecular formula is C16H18FNO3. The SMILES string of the molecule is COc1cccc(OC)c1Oc1cccc(F)c1C(C)N. The van der Waals surface area contributed by atoms with Crippen molar-refractivity contribution in [3.63, 3.8) is 0 Å². The summed E-state index contributed by atoms with van der Waals surface area (Å²) in [5.74, 6) is 1.31. The molecule has 1 unspecified atom stereocenters. The number of rotatable bonds is 5. The number of hydrogen-bond acceptors (Lipinski definition) is 4. The molecule has 0 aliphatic heterocycles. The summed E-state index contributed by atoms with van der Waals surface area (Å²) in [6, 6.07) is 9.34. The van der Waals surface area contributed by atoms with Gasteiger partial charge in [-0.15, -0.1) is 0 Å². The van der Waals surface area contributed by atoms with Gasteiger partial charge in [0, 0.05) is 11.6 Å². The second-order valence-corrected chi connectivity index (χ2v) is 4.53. The van der Waals surface area contributed by atoms with Gasteiger partial charge in [-0.25, -0.2) is 4.39 Å². The van der Waals surface area contributed by atoms with Crippen molar-refractivity contribution in [1.82, 2.24) is 0 Å². The van der Waals surface area contributed by atoms with Gasteiger partial charge in [0.05, 0.1) is 14.2 Å². The van der Waals surface area contributed by atoms with E-state index in [0.29, 0.717) is 28.6 Å².